The van der Waals surface area contributed by atoms with Crippen molar-refractivity contribution in [3.8, 4) is 18.1 Å². The fourth-order valence-electron chi connectivity index (χ4n) is 2.21. The first-order valence-electron chi connectivity index (χ1n) is 6.12. The second-order valence-corrected chi connectivity index (χ2v) is 5.08. The Labute approximate surface area is 122 Å². The molecule has 1 saturated heterocycles. The first-order valence-corrected chi connectivity index (χ1v) is 6.63. The van der Waals surface area contributed by atoms with Crippen molar-refractivity contribution in [3.05, 3.63) is 34.7 Å². The van der Waals surface area contributed by atoms with Gasteiger partial charge in [0.15, 0.2) is 6.17 Å². The summed E-state index contributed by atoms with van der Waals surface area (Å²) in [6, 6.07) is 7.28. The van der Waals surface area contributed by atoms with Gasteiger partial charge in [-0.3, -0.25) is 4.79 Å². The zero-order valence-corrected chi connectivity index (χ0v) is 11.5. The van der Waals surface area contributed by atoms with Gasteiger partial charge >= 0.3 is 0 Å². The van der Waals surface area contributed by atoms with Crippen LogP contribution in [-0.4, -0.2) is 23.9 Å². The zero-order chi connectivity index (χ0) is 14.5. The lowest BCUT2D eigenvalue weighted by Gasteiger charge is -2.32. The molecular formula is C14H14N2O3S. The van der Waals surface area contributed by atoms with Crippen LogP contribution in [0.2, 0.25) is 0 Å². The smallest absolute Gasteiger partial charge is 0.222 e. The van der Waals surface area contributed by atoms with Crippen LogP contribution in [0, 0.1) is 17.3 Å². The van der Waals surface area contributed by atoms with E-state index in [4.69, 9.17) is 11.2 Å². The molecule has 0 bridgehead atoms. The van der Waals surface area contributed by atoms with E-state index in [-0.39, 0.29) is 30.1 Å². The predicted octanol–water partition coefficient (Wildman–Crippen LogP) is 1.69. The molecular weight excluding hydrogens is 276 g/mol. The first-order chi connectivity index (χ1) is 9.65. The number of nitrogens with zero attached hydrogens (tertiary/aromatic N) is 1. The van der Waals surface area contributed by atoms with Crippen molar-refractivity contribution in [1.29, 1.82) is 0 Å². The largest absolute Gasteiger partial charge is 0.481 e. The fourth-order valence-corrected chi connectivity index (χ4v) is 2.62. The van der Waals surface area contributed by atoms with E-state index in [9.17, 15) is 9.70 Å². The average Bonchev–Trinajstić information content (AvgIpc) is 2.47. The Morgan fingerprint density at radius 2 is 2.35 bits per heavy atom. The molecule has 1 aliphatic heterocycles. The lowest BCUT2D eigenvalue weighted by molar-refractivity contribution is -0.123. The summed E-state index contributed by atoms with van der Waals surface area (Å²) in [6.07, 6.45) is 4.59. The number of amides is 1. The van der Waals surface area contributed by atoms with Crippen LogP contribution in [0.3, 0.4) is 0 Å². The molecule has 5 nitrogen and oxygen atoms in total. The molecule has 1 amide bonds. The van der Waals surface area contributed by atoms with Crippen molar-refractivity contribution in [2.75, 3.05) is 6.61 Å². The minimum Gasteiger partial charge on any atom is -0.481 e. The second kappa shape index (κ2) is 6.44. The van der Waals surface area contributed by atoms with Crippen LogP contribution in [0.1, 0.15) is 17.9 Å². The number of terminal acetylenes is 1. The molecule has 1 heterocycles. The highest BCUT2D eigenvalue weighted by Gasteiger charge is 2.36. The number of rotatable bonds is 4. The van der Waals surface area contributed by atoms with Gasteiger partial charge in [0.2, 0.25) is 5.91 Å². The number of carbonyl (C=O) groups excluding carboxylic acids is 1. The number of hydrogen-bond acceptors (Lipinski definition) is 5. The number of thiol groups is 1. The molecule has 20 heavy (non-hydrogen) atoms. The van der Waals surface area contributed by atoms with Gasteiger partial charge in [-0.15, -0.1) is 11.3 Å². The highest BCUT2D eigenvalue weighted by atomic mass is 32.1. The number of carbonyl (C=O) groups is 1. The van der Waals surface area contributed by atoms with Gasteiger partial charge in [-0.2, -0.15) is 12.6 Å². The fraction of sp³-hybridized carbons (Fsp3) is 0.357. The van der Waals surface area contributed by atoms with E-state index in [1.54, 1.807) is 6.07 Å². The van der Waals surface area contributed by atoms with E-state index in [1.165, 1.54) is 0 Å². The number of ether oxygens (including phenoxy) is 1. The normalized spacial score (nSPS) is 25.4. The third-order valence-corrected chi connectivity index (χ3v) is 3.81. The van der Waals surface area contributed by atoms with Crippen LogP contribution >= 0.6 is 12.6 Å². The Morgan fingerprint density at radius 3 is 3.05 bits per heavy atom. The molecule has 0 aromatic heterocycles. The molecule has 1 aromatic carbocycles. The number of nitrogens with one attached hydrogen (secondary N) is 1. The maximum atomic E-state index is 11.6. The summed E-state index contributed by atoms with van der Waals surface area (Å²) in [7, 11) is 0. The van der Waals surface area contributed by atoms with Crippen molar-refractivity contribution in [1.82, 2.24) is 5.32 Å². The van der Waals surface area contributed by atoms with Gasteiger partial charge in [-0.25, -0.2) is 0 Å². The Hall–Kier alpha value is -2.00. The molecule has 1 aromatic rings. The maximum absolute atomic E-state index is 11.6. The third-order valence-electron chi connectivity index (χ3n) is 3.17. The van der Waals surface area contributed by atoms with E-state index in [0.717, 1.165) is 5.56 Å². The molecule has 1 aliphatic rings. The number of hydrogen-bond donors (Lipinski definition) is 2. The number of piperidine rings is 1. The molecule has 104 valence electrons. The van der Waals surface area contributed by atoms with Crippen molar-refractivity contribution >= 4 is 18.5 Å². The quantitative estimate of drug-likeness (QED) is 0.504. The van der Waals surface area contributed by atoms with Crippen LogP contribution in [0.15, 0.2) is 29.4 Å². The second-order valence-electron chi connectivity index (χ2n) is 4.48. The standard InChI is InChI=1S/C14H14N2O3S/c1-2-6-19-10-5-3-4-9(7-10)11-8-12(17)15-14(16-18)13(11)20/h1,3-5,7,11,13-14,20H,6,8H2,(H,15,17). The van der Waals surface area contributed by atoms with E-state index >= 15 is 0 Å². The molecule has 2 rings (SSSR count). The maximum Gasteiger partial charge on any atom is 0.222 e. The van der Waals surface area contributed by atoms with E-state index in [0.29, 0.717) is 5.75 Å². The predicted molar refractivity (Wildman–Crippen MR) is 78.6 cm³/mol. The molecule has 0 saturated carbocycles. The molecule has 0 aliphatic carbocycles. The summed E-state index contributed by atoms with van der Waals surface area (Å²) in [5.74, 6) is 2.62. The van der Waals surface area contributed by atoms with Crippen LogP contribution in [0.4, 0.5) is 0 Å². The Balaban J connectivity index is 2.23. The van der Waals surface area contributed by atoms with Gasteiger partial charge < -0.3 is 10.1 Å². The molecule has 3 unspecified atom stereocenters. The summed E-state index contributed by atoms with van der Waals surface area (Å²) in [5, 5.41) is 5.06. The average molecular weight is 290 g/mol. The monoisotopic (exact) mass is 290 g/mol. The van der Waals surface area contributed by atoms with Gasteiger partial charge in [-0.1, -0.05) is 18.1 Å². The zero-order valence-electron chi connectivity index (χ0n) is 10.7. The van der Waals surface area contributed by atoms with Crippen molar-refractivity contribution in [2.24, 2.45) is 5.18 Å². The van der Waals surface area contributed by atoms with Crippen LogP contribution in [-0.2, 0) is 4.79 Å². The third kappa shape index (κ3) is 3.11. The van der Waals surface area contributed by atoms with Gasteiger partial charge in [0.1, 0.15) is 12.4 Å². The Morgan fingerprint density at radius 1 is 1.55 bits per heavy atom. The van der Waals surface area contributed by atoms with Gasteiger partial charge in [0.25, 0.3) is 0 Å². The van der Waals surface area contributed by atoms with Gasteiger partial charge in [-0.05, 0) is 22.9 Å². The summed E-state index contributed by atoms with van der Waals surface area (Å²) < 4.78 is 5.36. The topological polar surface area (TPSA) is 67.8 Å². The lowest BCUT2D eigenvalue weighted by atomic mass is 9.88. The molecule has 1 fully saturated rings. The molecule has 0 spiro atoms. The van der Waals surface area contributed by atoms with Crippen LogP contribution in [0.25, 0.3) is 0 Å². The summed E-state index contributed by atoms with van der Waals surface area (Å²) in [6.45, 7) is 0.178. The summed E-state index contributed by atoms with van der Waals surface area (Å²) in [4.78, 5) is 22.4. The summed E-state index contributed by atoms with van der Waals surface area (Å²) in [5.41, 5.74) is 0.878. The summed E-state index contributed by atoms with van der Waals surface area (Å²) >= 11 is 4.41. The Bertz CT molecular complexity index is 556. The molecule has 1 N–H and O–H groups in total. The highest BCUT2D eigenvalue weighted by Crippen LogP contribution is 2.34. The number of benzene rings is 1. The van der Waals surface area contributed by atoms with E-state index < -0.39 is 6.17 Å². The van der Waals surface area contributed by atoms with Crippen molar-refractivity contribution in [2.45, 2.75) is 23.8 Å². The minimum absolute atomic E-state index is 0.178. The SMILES string of the molecule is C#CCOc1cccc(C2CC(=O)NC(N=O)C2S)c1. The van der Waals surface area contributed by atoms with Crippen molar-refractivity contribution in [3.63, 3.8) is 0 Å². The van der Waals surface area contributed by atoms with E-state index in [1.807, 2.05) is 18.2 Å². The lowest BCUT2D eigenvalue weighted by Crippen LogP contribution is -2.48. The van der Waals surface area contributed by atoms with E-state index in [2.05, 4.69) is 29.0 Å². The molecule has 0 radical (unpaired) electrons. The highest BCUT2D eigenvalue weighted by molar-refractivity contribution is 7.81. The van der Waals surface area contributed by atoms with Gasteiger partial charge in [0, 0.05) is 12.3 Å². The molecule has 6 heteroatoms. The van der Waals surface area contributed by atoms with Crippen molar-refractivity contribution < 1.29 is 9.53 Å². The minimum atomic E-state index is -0.820. The Kier molecular flexibility index (Phi) is 4.64. The molecule has 3 atom stereocenters. The van der Waals surface area contributed by atoms with Gasteiger partial charge in [0.05, 0.1) is 5.25 Å². The number of nitroso groups, excluding NO2 is 1. The van der Waals surface area contributed by atoms with Crippen LogP contribution in [0.5, 0.6) is 5.75 Å². The first kappa shape index (κ1) is 14.4. The van der Waals surface area contributed by atoms with Crippen LogP contribution < -0.4 is 10.1 Å².